The molecule has 4 N–H and O–H groups in total. The van der Waals surface area contributed by atoms with Crippen LogP contribution in [0.15, 0.2) is 95.5 Å². The highest BCUT2D eigenvalue weighted by Gasteiger charge is 2.54. The number of halogens is 1. The fourth-order valence-electron chi connectivity index (χ4n) is 4.95. The summed E-state index contributed by atoms with van der Waals surface area (Å²) in [5, 5.41) is 30.1. The fraction of sp³-hybridized carbons (Fsp3) is 0.242. The van der Waals surface area contributed by atoms with Crippen LogP contribution in [0, 0.1) is 16.0 Å². The lowest BCUT2D eigenvalue weighted by Gasteiger charge is -2.29. The Hall–Kier alpha value is -5.01. The number of allylic oxidation sites excluding steroid dienone is 2. The summed E-state index contributed by atoms with van der Waals surface area (Å²) in [5.41, 5.74) is -0.392. The second-order valence-corrected chi connectivity index (χ2v) is 11.2. The van der Waals surface area contributed by atoms with Crippen LogP contribution in [0.25, 0.3) is 0 Å². The van der Waals surface area contributed by atoms with Gasteiger partial charge in [-0.3, -0.25) is 14.9 Å². The predicted molar refractivity (Wildman–Crippen MR) is 176 cm³/mol. The summed E-state index contributed by atoms with van der Waals surface area (Å²) >= 11 is 3.38. The van der Waals surface area contributed by atoms with Crippen molar-refractivity contribution in [3.63, 3.8) is 0 Å². The minimum absolute atomic E-state index is 0.165. The summed E-state index contributed by atoms with van der Waals surface area (Å²) in [4.78, 5) is 49.2. The third kappa shape index (κ3) is 8.37. The zero-order valence-electron chi connectivity index (χ0n) is 24.9. The highest BCUT2D eigenvalue weighted by Crippen LogP contribution is 2.32. The molecule has 0 radical (unpaired) electrons. The van der Waals surface area contributed by atoms with Gasteiger partial charge in [0.15, 0.2) is 0 Å². The number of carbonyl (C=O) groups is 3. The molecular formula is C33H33BrN4O8. The Morgan fingerprint density at radius 2 is 1.76 bits per heavy atom. The van der Waals surface area contributed by atoms with Gasteiger partial charge < -0.3 is 30.5 Å². The summed E-state index contributed by atoms with van der Waals surface area (Å²) < 4.78 is 11.8. The van der Waals surface area contributed by atoms with Gasteiger partial charge in [0.1, 0.15) is 11.5 Å². The Labute approximate surface area is 273 Å². The molecule has 3 aromatic carbocycles. The van der Waals surface area contributed by atoms with Crippen molar-refractivity contribution in [1.29, 1.82) is 0 Å². The molecule has 0 fully saturated rings. The number of benzene rings is 3. The van der Waals surface area contributed by atoms with E-state index in [4.69, 9.17) is 14.6 Å². The van der Waals surface area contributed by atoms with E-state index >= 15 is 0 Å². The number of carbonyl (C=O) groups excluding carboxylic acids is 2. The Balaban J connectivity index is 1.35. The number of carboxylic acid groups (broad SMARTS) is 1. The van der Waals surface area contributed by atoms with Gasteiger partial charge in [-0.2, -0.15) is 0 Å². The van der Waals surface area contributed by atoms with Crippen molar-refractivity contribution < 1.29 is 33.9 Å². The van der Waals surface area contributed by atoms with Gasteiger partial charge >= 0.3 is 17.5 Å². The minimum Gasteiger partial charge on any atom is -0.495 e. The Bertz CT molecular complexity index is 1640. The van der Waals surface area contributed by atoms with Crippen molar-refractivity contribution in [3.05, 3.63) is 117 Å². The molecule has 12 nitrogen and oxygen atoms in total. The first kappa shape index (κ1) is 33.9. The molecule has 1 aliphatic carbocycles. The van der Waals surface area contributed by atoms with Gasteiger partial charge in [-0.05, 0) is 83.0 Å². The van der Waals surface area contributed by atoms with E-state index in [1.54, 1.807) is 60.7 Å². The summed E-state index contributed by atoms with van der Waals surface area (Å²) in [5.74, 6) is -1.52. The van der Waals surface area contributed by atoms with Gasteiger partial charge in [0.05, 0.1) is 36.6 Å². The monoisotopic (exact) mass is 692 g/mol. The van der Waals surface area contributed by atoms with E-state index in [1.165, 1.54) is 31.4 Å². The largest absolute Gasteiger partial charge is 0.495 e. The maximum absolute atomic E-state index is 13.7. The number of ketones is 1. The zero-order valence-corrected chi connectivity index (χ0v) is 26.5. The van der Waals surface area contributed by atoms with Crippen molar-refractivity contribution in [3.8, 4) is 11.5 Å². The van der Waals surface area contributed by atoms with Crippen LogP contribution < -0.4 is 25.4 Å². The van der Waals surface area contributed by atoms with Crippen molar-refractivity contribution in [1.82, 2.24) is 5.32 Å². The number of rotatable bonds is 15. The number of para-hydroxylation sites is 1. The summed E-state index contributed by atoms with van der Waals surface area (Å²) in [7, 11) is 1.42. The fourth-order valence-corrected chi connectivity index (χ4v) is 5.33. The third-order valence-corrected chi connectivity index (χ3v) is 8.04. The van der Waals surface area contributed by atoms with E-state index in [-0.39, 0.29) is 18.5 Å². The molecular weight excluding hydrogens is 660 g/mol. The van der Waals surface area contributed by atoms with Crippen molar-refractivity contribution in [2.45, 2.75) is 18.4 Å². The average Bonchev–Trinajstić information content (AvgIpc) is 3.04. The first-order valence-corrected chi connectivity index (χ1v) is 15.1. The number of hydrogen-bond acceptors (Lipinski definition) is 8. The van der Waals surface area contributed by atoms with Crippen LogP contribution in [0.1, 0.15) is 22.3 Å². The van der Waals surface area contributed by atoms with Crippen LogP contribution in [0.5, 0.6) is 11.5 Å². The molecule has 46 heavy (non-hydrogen) atoms. The summed E-state index contributed by atoms with van der Waals surface area (Å²) in [6.45, 7) is 1.00. The maximum atomic E-state index is 13.7. The lowest BCUT2D eigenvalue weighted by molar-refractivity contribution is -0.545. The van der Waals surface area contributed by atoms with Crippen LogP contribution >= 0.6 is 15.9 Å². The van der Waals surface area contributed by atoms with Crippen LogP contribution in [0.3, 0.4) is 0 Å². The minimum atomic E-state index is -1.97. The number of carboxylic acids is 1. The number of aromatic carboxylic acids is 1. The second kappa shape index (κ2) is 15.8. The highest BCUT2D eigenvalue weighted by molar-refractivity contribution is 9.10. The molecule has 240 valence electrons. The molecule has 0 spiro atoms. The normalized spacial score (nSPS) is 16.8. The van der Waals surface area contributed by atoms with E-state index < -0.39 is 34.2 Å². The zero-order chi connectivity index (χ0) is 33.1. The average molecular weight is 694 g/mol. The first-order valence-electron chi connectivity index (χ1n) is 14.3. The quantitative estimate of drug-likeness (QED) is 0.0883. The number of nitrogens with one attached hydrogen (secondary N) is 3. The molecule has 2 atom stereocenters. The summed E-state index contributed by atoms with van der Waals surface area (Å²) in [6, 6.07) is 17.5. The number of nitro groups is 1. The number of amides is 2. The lowest BCUT2D eigenvalue weighted by Crippen LogP contribution is -2.54. The first-order chi connectivity index (χ1) is 22.1. The Morgan fingerprint density at radius 3 is 2.46 bits per heavy atom. The standard InChI is InChI=1S/C33H33BrN4O8/c1-45-29-19-22(10-15-28(29)37-32(42)36-27-9-3-2-8-26(27)34)20-30(39)33(38(43)44)16-5-4-7-24(33)21-35-17-6-18-46-25-13-11-23(12-14-25)31(40)41/h2-5,7-16,19,24,35H,6,17-18,20-21H2,1H3,(H,40,41)(H2,36,37,42)/t24-,33?/m0/s1. The molecule has 13 heteroatoms. The van der Waals surface area contributed by atoms with Gasteiger partial charge in [-0.1, -0.05) is 36.4 Å². The van der Waals surface area contributed by atoms with Crippen molar-refractivity contribution in [2.24, 2.45) is 5.92 Å². The molecule has 3 aromatic rings. The van der Waals surface area contributed by atoms with E-state index in [0.717, 1.165) is 0 Å². The highest BCUT2D eigenvalue weighted by atomic mass is 79.9. The number of anilines is 2. The van der Waals surface area contributed by atoms with Crippen LogP contribution in [0.4, 0.5) is 16.2 Å². The molecule has 0 aromatic heterocycles. The summed E-state index contributed by atoms with van der Waals surface area (Å²) in [6.07, 6.45) is 6.54. The van der Waals surface area contributed by atoms with Gasteiger partial charge in [0.25, 0.3) is 0 Å². The molecule has 4 rings (SSSR count). The molecule has 1 unspecified atom stereocenters. The molecule has 0 bridgehead atoms. The predicted octanol–water partition coefficient (Wildman–Crippen LogP) is 5.73. The van der Waals surface area contributed by atoms with Gasteiger partial charge in [-0.15, -0.1) is 0 Å². The third-order valence-electron chi connectivity index (χ3n) is 7.35. The SMILES string of the molecule is COc1cc(CC(=O)C2([N+](=O)[O-])C=CC=C[C@H]2CNCCCOc2ccc(C(=O)O)cc2)ccc1NC(=O)Nc1ccccc1Br. The molecule has 0 heterocycles. The number of nitrogens with zero attached hydrogens (tertiary/aromatic N) is 1. The maximum Gasteiger partial charge on any atom is 0.335 e. The second-order valence-electron chi connectivity index (χ2n) is 10.4. The number of hydrogen-bond donors (Lipinski definition) is 4. The Kier molecular flexibility index (Phi) is 11.7. The molecule has 1 aliphatic rings. The number of methoxy groups -OCH3 is 1. The topological polar surface area (TPSA) is 169 Å². The van der Waals surface area contributed by atoms with E-state index in [9.17, 15) is 24.5 Å². The number of ether oxygens (including phenoxy) is 2. The van der Waals surface area contributed by atoms with Gasteiger partial charge in [-0.25, -0.2) is 9.59 Å². The lowest BCUT2D eigenvalue weighted by atomic mass is 9.76. The van der Waals surface area contributed by atoms with Crippen molar-refractivity contribution in [2.75, 3.05) is 37.4 Å². The molecule has 0 aliphatic heterocycles. The molecule has 2 amide bonds. The molecule has 0 saturated carbocycles. The van der Waals surface area contributed by atoms with E-state index in [0.29, 0.717) is 52.5 Å². The number of urea groups is 1. The van der Waals surface area contributed by atoms with Crippen LogP contribution in [-0.4, -0.2) is 60.2 Å². The number of Topliss-reactive ketones (excluding diaryl/α,β-unsaturated/α-hetero) is 1. The van der Waals surface area contributed by atoms with Crippen molar-refractivity contribution >= 4 is 45.1 Å². The molecule has 0 saturated heterocycles. The van der Waals surface area contributed by atoms with E-state index in [1.807, 2.05) is 6.07 Å². The van der Waals surface area contributed by atoms with Crippen LogP contribution in [0.2, 0.25) is 0 Å². The van der Waals surface area contributed by atoms with E-state index in [2.05, 4.69) is 31.9 Å². The van der Waals surface area contributed by atoms with Crippen LogP contribution in [-0.2, 0) is 11.2 Å². The Morgan fingerprint density at radius 1 is 1.02 bits per heavy atom. The van der Waals surface area contributed by atoms with Gasteiger partial charge in [0.2, 0.25) is 5.78 Å². The smallest absolute Gasteiger partial charge is 0.335 e. The van der Waals surface area contributed by atoms with Gasteiger partial charge in [0, 0.05) is 28.4 Å².